The Bertz CT molecular complexity index is 1360. The lowest BCUT2D eigenvalue weighted by Crippen LogP contribution is -2.20. The molecule has 0 spiro atoms. The van der Waals surface area contributed by atoms with Gasteiger partial charge >= 0.3 is 0 Å². The van der Waals surface area contributed by atoms with Crippen LogP contribution in [0.5, 0.6) is 5.75 Å². The van der Waals surface area contributed by atoms with Gasteiger partial charge in [0, 0.05) is 11.9 Å². The predicted molar refractivity (Wildman–Crippen MR) is 127 cm³/mol. The Morgan fingerprint density at radius 3 is 2.56 bits per heavy atom. The first kappa shape index (κ1) is 22.7. The van der Waals surface area contributed by atoms with Crippen LogP contribution in [0.2, 0.25) is 0 Å². The monoisotopic (exact) mass is 459 g/mol. The highest BCUT2D eigenvalue weighted by Crippen LogP contribution is 2.14. The molecule has 2 heterocycles. The fourth-order valence-corrected chi connectivity index (χ4v) is 3.29. The molecule has 2 aromatic carbocycles. The minimum atomic E-state index is -0.377. The molecule has 0 aliphatic heterocycles. The van der Waals surface area contributed by atoms with Crippen molar-refractivity contribution in [1.82, 2.24) is 14.8 Å². The number of anilines is 1. The van der Waals surface area contributed by atoms with Crippen LogP contribution >= 0.6 is 0 Å². The summed E-state index contributed by atoms with van der Waals surface area (Å²) in [5, 5.41) is 6.64. The van der Waals surface area contributed by atoms with Crippen molar-refractivity contribution in [2.45, 2.75) is 13.8 Å². The first-order chi connectivity index (χ1) is 16.4. The number of pyridine rings is 1. The maximum absolute atomic E-state index is 12.9. The number of nitrogens with zero attached hydrogens (tertiary/aromatic N) is 3. The van der Waals surface area contributed by atoms with Gasteiger partial charge in [-0.1, -0.05) is 0 Å². The number of aryl methyl sites for hydroxylation is 2. The van der Waals surface area contributed by atoms with Gasteiger partial charge in [-0.15, -0.1) is 0 Å². The second-order valence-electron chi connectivity index (χ2n) is 7.59. The summed E-state index contributed by atoms with van der Waals surface area (Å²) < 4.78 is 20.1. The van der Waals surface area contributed by atoms with E-state index < -0.39 is 0 Å². The van der Waals surface area contributed by atoms with Gasteiger partial charge in [-0.3, -0.25) is 14.0 Å². The number of hydrazone groups is 1. The molecule has 4 rings (SSSR count). The minimum Gasteiger partial charge on any atom is -0.484 e. The Kier molecular flexibility index (Phi) is 6.63. The molecule has 172 valence electrons. The van der Waals surface area contributed by atoms with E-state index >= 15 is 0 Å². The van der Waals surface area contributed by atoms with Crippen molar-refractivity contribution in [1.29, 1.82) is 0 Å². The van der Waals surface area contributed by atoms with E-state index in [1.165, 1.54) is 30.5 Å². The highest BCUT2D eigenvalue weighted by Gasteiger charge is 2.16. The summed E-state index contributed by atoms with van der Waals surface area (Å²) in [5.74, 6) is -0.611. The van der Waals surface area contributed by atoms with Gasteiger partial charge in [-0.05, 0) is 85.6 Å². The zero-order valence-corrected chi connectivity index (χ0v) is 18.6. The summed E-state index contributed by atoms with van der Waals surface area (Å²) in [7, 11) is 0. The van der Waals surface area contributed by atoms with Crippen LogP contribution in [-0.2, 0) is 4.79 Å². The van der Waals surface area contributed by atoms with Gasteiger partial charge < -0.3 is 10.1 Å². The minimum absolute atomic E-state index is 0.195. The molecule has 0 saturated carbocycles. The summed E-state index contributed by atoms with van der Waals surface area (Å²) in [4.78, 5) is 29.0. The third kappa shape index (κ3) is 5.44. The van der Waals surface area contributed by atoms with Gasteiger partial charge in [0.15, 0.2) is 6.61 Å². The zero-order valence-electron chi connectivity index (χ0n) is 18.6. The molecule has 4 aromatic rings. The van der Waals surface area contributed by atoms with Gasteiger partial charge in [0.2, 0.25) is 0 Å². The normalized spacial score (nSPS) is 11.0. The van der Waals surface area contributed by atoms with Crippen molar-refractivity contribution in [2.75, 3.05) is 11.9 Å². The van der Waals surface area contributed by atoms with Crippen molar-refractivity contribution in [2.24, 2.45) is 5.10 Å². The maximum atomic E-state index is 12.9. The van der Waals surface area contributed by atoms with E-state index in [1.54, 1.807) is 35.6 Å². The molecule has 0 bridgehead atoms. The van der Waals surface area contributed by atoms with Crippen LogP contribution in [0, 0.1) is 19.7 Å². The van der Waals surface area contributed by atoms with Crippen LogP contribution in [0.3, 0.4) is 0 Å². The number of hydrogen-bond donors (Lipinski definition) is 2. The first-order valence-electron chi connectivity index (χ1n) is 10.5. The molecule has 0 saturated heterocycles. The quantitative estimate of drug-likeness (QED) is 0.324. The van der Waals surface area contributed by atoms with Gasteiger partial charge in [-0.2, -0.15) is 5.10 Å². The van der Waals surface area contributed by atoms with Crippen LogP contribution < -0.4 is 15.5 Å². The fraction of sp³-hybridized carbons (Fsp3) is 0.120. The van der Waals surface area contributed by atoms with Gasteiger partial charge in [0.25, 0.3) is 11.8 Å². The van der Waals surface area contributed by atoms with Crippen molar-refractivity contribution in [3.63, 3.8) is 0 Å². The molecule has 0 unspecified atom stereocenters. The second-order valence-corrected chi connectivity index (χ2v) is 7.59. The summed E-state index contributed by atoms with van der Waals surface area (Å²) in [5.41, 5.74) is 6.54. The molecule has 2 aromatic heterocycles. The number of amides is 2. The lowest BCUT2D eigenvalue weighted by atomic mass is 10.2. The average molecular weight is 459 g/mol. The molecule has 2 N–H and O–H groups in total. The van der Waals surface area contributed by atoms with E-state index in [1.807, 2.05) is 25.3 Å². The number of aromatic nitrogens is 2. The lowest BCUT2D eigenvalue weighted by molar-refractivity contribution is -0.118. The number of rotatable bonds is 7. The Labute approximate surface area is 195 Å². The molecule has 9 heteroatoms. The molecule has 0 atom stereocenters. The Morgan fingerprint density at radius 2 is 1.82 bits per heavy atom. The number of carbonyl (C=O) groups excluding carboxylic acids is 2. The molecule has 0 radical (unpaired) electrons. The van der Waals surface area contributed by atoms with E-state index in [9.17, 15) is 14.0 Å². The van der Waals surface area contributed by atoms with Crippen molar-refractivity contribution in [3.05, 3.63) is 95.2 Å². The Morgan fingerprint density at radius 1 is 1.09 bits per heavy atom. The third-order valence-corrected chi connectivity index (χ3v) is 4.93. The highest BCUT2D eigenvalue weighted by molar-refractivity contribution is 5.95. The van der Waals surface area contributed by atoms with Crippen LogP contribution in [-0.4, -0.2) is 34.0 Å². The number of carbonyl (C=O) groups is 2. The summed E-state index contributed by atoms with van der Waals surface area (Å²) in [6.45, 7) is 3.55. The first-order valence-corrected chi connectivity index (χ1v) is 10.5. The smallest absolute Gasteiger partial charge is 0.290 e. The number of nitrogens with one attached hydrogen (secondary N) is 2. The van der Waals surface area contributed by atoms with E-state index in [-0.39, 0.29) is 24.2 Å². The molecule has 34 heavy (non-hydrogen) atoms. The molecule has 0 aliphatic carbocycles. The topological polar surface area (TPSA) is 97.1 Å². The van der Waals surface area contributed by atoms with Gasteiger partial charge in [0.05, 0.1) is 11.9 Å². The Hall–Kier alpha value is -4.53. The second kappa shape index (κ2) is 9.95. The van der Waals surface area contributed by atoms with Crippen molar-refractivity contribution < 1.29 is 18.7 Å². The summed E-state index contributed by atoms with van der Waals surface area (Å²) >= 11 is 0. The lowest BCUT2D eigenvalue weighted by Gasteiger charge is -2.07. The standard InChI is InChI=1S/C25H22FN5O3/c1-16-11-12-31-22(13-16)28-17(2)24(31)25(33)30-27-14-18-3-9-21(10-4-18)34-15-23(32)29-20-7-5-19(26)6-8-20/h3-14H,15H2,1-2H3,(H,29,32)(H,30,33)/b27-14-. The predicted octanol–water partition coefficient (Wildman–Crippen LogP) is 3.87. The number of ether oxygens (including phenoxy) is 1. The van der Waals surface area contributed by atoms with E-state index in [0.29, 0.717) is 28.5 Å². The van der Waals surface area contributed by atoms with Crippen LogP contribution in [0.1, 0.15) is 27.3 Å². The number of hydrogen-bond acceptors (Lipinski definition) is 5. The van der Waals surface area contributed by atoms with E-state index in [0.717, 1.165) is 11.1 Å². The van der Waals surface area contributed by atoms with Crippen LogP contribution in [0.15, 0.2) is 72.0 Å². The number of imidazole rings is 1. The van der Waals surface area contributed by atoms with Crippen LogP contribution in [0.4, 0.5) is 10.1 Å². The molecule has 8 nitrogen and oxygen atoms in total. The number of halogens is 1. The average Bonchev–Trinajstić information content (AvgIpc) is 3.14. The maximum Gasteiger partial charge on any atom is 0.290 e. The number of benzene rings is 2. The molecule has 2 amide bonds. The van der Waals surface area contributed by atoms with Crippen LogP contribution in [0.25, 0.3) is 5.65 Å². The highest BCUT2D eigenvalue weighted by atomic mass is 19.1. The fourth-order valence-electron chi connectivity index (χ4n) is 3.29. The molecule has 0 fully saturated rings. The Balaban J connectivity index is 1.30. The SMILES string of the molecule is Cc1ccn2c(C(=O)N/N=C\c3ccc(OCC(=O)Nc4ccc(F)cc4)cc3)c(C)nc2c1. The summed E-state index contributed by atoms with van der Waals surface area (Å²) in [6, 6.07) is 16.1. The van der Waals surface area contributed by atoms with Gasteiger partial charge in [-0.25, -0.2) is 14.8 Å². The molecular formula is C25H22FN5O3. The largest absolute Gasteiger partial charge is 0.484 e. The van der Waals surface area contributed by atoms with E-state index in [4.69, 9.17) is 4.74 Å². The zero-order chi connectivity index (χ0) is 24.1. The van der Waals surface area contributed by atoms with Crippen molar-refractivity contribution >= 4 is 29.4 Å². The molecule has 0 aliphatic rings. The summed E-state index contributed by atoms with van der Waals surface area (Å²) in [6.07, 6.45) is 3.31. The number of fused-ring (bicyclic) bond motifs is 1. The third-order valence-electron chi connectivity index (χ3n) is 4.93. The van der Waals surface area contributed by atoms with Gasteiger partial charge in [0.1, 0.15) is 22.9 Å². The van der Waals surface area contributed by atoms with E-state index in [2.05, 4.69) is 20.8 Å². The van der Waals surface area contributed by atoms with Crippen molar-refractivity contribution in [3.8, 4) is 5.75 Å². The molecular weight excluding hydrogens is 437 g/mol.